The molecule has 0 atom stereocenters. The molecule has 0 unspecified atom stereocenters. The van der Waals surface area contributed by atoms with E-state index in [1.54, 1.807) is 6.07 Å². The predicted octanol–water partition coefficient (Wildman–Crippen LogP) is 2.82. The monoisotopic (exact) mass is 266 g/mol. The number of unbranched alkanes of at least 4 members (excludes halogenated alkanes) is 1. The van der Waals surface area contributed by atoms with E-state index in [9.17, 15) is 14.9 Å². The second-order valence-electron chi connectivity index (χ2n) is 4.23. The maximum absolute atomic E-state index is 10.9. The zero-order valence-corrected chi connectivity index (χ0v) is 10.9. The third kappa shape index (κ3) is 4.95. The minimum atomic E-state index is -0.803. The molecule has 0 aromatic heterocycles. The molecule has 0 fully saturated rings. The Hall–Kier alpha value is -2.11. The quantitative estimate of drug-likeness (QED) is 0.429. The summed E-state index contributed by atoms with van der Waals surface area (Å²) in [6, 6.07) is 5.08. The van der Waals surface area contributed by atoms with Crippen molar-refractivity contribution >= 4 is 17.3 Å². The number of carbonyl (C=O) groups is 1. The molecular formula is C13H18N2O4. The topological polar surface area (TPSA) is 92.5 Å². The van der Waals surface area contributed by atoms with Crippen molar-refractivity contribution in [2.45, 2.75) is 32.6 Å². The van der Waals surface area contributed by atoms with Gasteiger partial charge in [-0.2, -0.15) is 0 Å². The van der Waals surface area contributed by atoms with Crippen LogP contribution in [0.2, 0.25) is 0 Å². The van der Waals surface area contributed by atoms with Gasteiger partial charge in [-0.15, -0.1) is 0 Å². The molecule has 0 aliphatic carbocycles. The fourth-order valence-corrected chi connectivity index (χ4v) is 1.78. The Morgan fingerprint density at radius 1 is 1.42 bits per heavy atom. The highest BCUT2D eigenvalue weighted by Crippen LogP contribution is 2.23. The standard InChI is InChI=1S/C13H18N2O4/c1-2-10-6-7-11(9-12(10)15(18)19)14-8-4-3-5-13(16)17/h6-7,9,14H,2-5,8H2,1H3,(H,16,17). The molecule has 0 radical (unpaired) electrons. The first-order chi connectivity index (χ1) is 9.04. The molecule has 0 saturated carbocycles. The molecule has 1 aromatic rings. The van der Waals surface area contributed by atoms with E-state index in [2.05, 4.69) is 5.32 Å². The van der Waals surface area contributed by atoms with Gasteiger partial charge in [0.05, 0.1) is 4.92 Å². The first-order valence-electron chi connectivity index (χ1n) is 6.27. The van der Waals surface area contributed by atoms with Crippen molar-refractivity contribution in [2.24, 2.45) is 0 Å². The number of nitrogens with zero attached hydrogens (tertiary/aromatic N) is 1. The molecule has 2 N–H and O–H groups in total. The molecule has 6 nitrogen and oxygen atoms in total. The van der Waals surface area contributed by atoms with Gasteiger partial charge in [-0.1, -0.05) is 13.0 Å². The van der Waals surface area contributed by atoms with Crippen LogP contribution in [-0.2, 0) is 11.2 Å². The molecule has 0 aliphatic rings. The highest BCUT2D eigenvalue weighted by molar-refractivity contribution is 5.66. The van der Waals surface area contributed by atoms with Crippen LogP contribution in [0.15, 0.2) is 18.2 Å². The van der Waals surface area contributed by atoms with Crippen molar-refractivity contribution in [2.75, 3.05) is 11.9 Å². The van der Waals surface area contributed by atoms with Crippen LogP contribution < -0.4 is 5.32 Å². The second-order valence-corrected chi connectivity index (χ2v) is 4.23. The average Bonchev–Trinajstić information content (AvgIpc) is 2.37. The molecule has 104 valence electrons. The lowest BCUT2D eigenvalue weighted by Crippen LogP contribution is -2.04. The number of hydrogen-bond donors (Lipinski definition) is 2. The van der Waals surface area contributed by atoms with Gasteiger partial charge in [-0.3, -0.25) is 14.9 Å². The fraction of sp³-hybridized carbons (Fsp3) is 0.462. The smallest absolute Gasteiger partial charge is 0.303 e. The fourth-order valence-electron chi connectivity index (χ4n) is 1.78. The van der Waals surface area contributed by atoms with Crippen LogP contribution >= 0.6 is 0 Å². The Morgan fingerprint density at radius 2 is 2.16 bits per heavy atom. The van der Waals surface area contributed by atoms with Gasteiger partial charge in [-0.05, 0) is 25.3 Å². The maximum atomic E-state index is 10.9. The second kappa shape index (κ2) is 7.35. The number of nitrogens with one attached hydrogen (secondary N) is 1. The lowest BCUT2D eigenvalue weighted by molar-refractivity contribution is -0.385. The summed E-state index contributed by atoms with van der Waals surface area (Å²) in [5.41, 5.74) is 1.53. The van der Waals surface area contributed by atoms with Crippen LogP contribution in [0.3, 0.4) is 0 Å². The molecule has 0 amide bonds. The Balaban J connectivity index is 2.53. The molecule has 1 rings (SSSR count). The number of rotatable bonds is 8. The lowest BCUT2D eigenvalue weighted by Gasteiger charge is -2.07. The average molecular weight is 266 g/mol. The SMILES string of the molecule is CCc1ccc(NCCCCC(=O)O)cc1[N+](=O)[O-]. The summed E-state index contributed by atoms with van der Waals surface area (Å²) in [6.07, 6.45) is 2.08. The number of benzene rings is 1. The van der Waals surface area contributed by atoms with E-state index in [1.807, 2.05) is 13.0 Å². The number of aliphatic carboxylic acids is 1. The number of anilines is 1. The Morgan fingerprint density at radius 3 is 2.74 bits per heavy atom. The highest BCUT2D eigenvalue weighted by Gasteiger charge is 2.12. The number of carboxylic acid groups (broad SMARTS) is 1. The van der Waals surface area contributed by atoms with Crippen molar-refractivity contribution in [1.82, 2.24) is 0 Å². The van der Waals surface area contributed by atoms with Crippen molar-refractivity contribution in [3.8, 4) is 0 Å². The third-order valence-corrected chi connectivity index (χ3v) is 2.81. The summed E-state index contributed by atoms with van der Waals surface area (Å²) in [5.74, 6) is -0.803. The number of nitro groups is 1. The van der Waals surface area contributed by atoms with E-state index in [4.69, 9.17) is 5.11 Å². The normalized spacial score (nSPS) is 10.2. The minimum Gasteiger partial charge on any atom is -0.481 e. The van der Waals surface area contributed by atoms with Gasteiger partial charge in [0, 0.05) is 30.3 Å². The molecule has 1 aromatic carbocycles. The summed E-state index contributed by atoms with van der Waals surface area (Å²) in [6.45, 7) is 2.48. The van der Waals surface area contributed by atoms with Crippen molar-refractivity contribution in [3.63, 3.8) is 0 Å². The van der Waals surface area contributed by atoms with Gasteiger partial charge >= 0.3 is 5.97 Å². The van der Waals surface area contributed by atoms with Gasteiger partial charge < -0.3 is 10.4 Å². The zero-order chi connectivity index (χ0) is 14.3. The summed E-state index contributed by atoms with van der Waals surface area (Å²) in [7, 11) is 0. The molecule has 0 saturated heterocycles. The molecule has 0 heterocycles. The predicted molar refractivity (Wildman–Crippen MR) is 72.5 cm³/mol. The van der Waals surface area contributed by atoms with Crippen LogP contribution in [0.1, 0.15) is 31.7 Å². The number of nitro benzene ring substituents is 1. The zero-order valence-electron chi connectivity index (χ0n) is 10.9. The number of aryl methyl sites for hydroxylation is 1. The van der Waals surface area contributed by atoms with E-state index < -0.39 is 5.97 Å². The summed E-state index contributed by atoms with van der Waals surface area (Å²) < 4.78 is 0. The first kappa shape index (κ1) is 14.9. The van der Waals surface area contributed by atoms with Crippen molar-refractivity contribution in [1.29, 1.82) is 0 Å². The molecule has 6 heteroatoms. The molecule has 0 aliphatic heterocycles. The van der Waals surface area contributed by atoms with Crippen molar-refractivity contribution in [3.05, 3.63) is 33.9 Å². The van der Waals surface area contributed by atoms with Crippen LogP contribution in [0.4, 0.5) is 11.4 Å². The Kier molecular flexibility index (Phi) is 5.78. The largest absolute Gasteiger partial charge is 0.481 e. The molecule has 0 bridgehead atoms. The van der Waals surface area contributed by atoms with Gasteiger partial charge in [0.1, 0.15) is 0 Å². The Bertz CT molecular complexity index is 460. The van der Waals surface area contributed by atoms with E-state index in [0.29, 0.717) is 30.6 Å². The van der Waals surface area contributed by atoms with Crippen LogP contribution in [0, 0.1) is 10.1 Å². The van der Waals surface area contributed by atoms with Gasteiger partial charge in [0.2, 0.25) is 0 Å². The summed E-state index contributed by atoms with van der Waals surface area (Å²) in [5, 5.41) is 22.5. The van der Waals surface area contributed by atoms with Gasteiger partial charge in [0.25, 0.3) is 5.69 Å². The van der Waals surface area contributed by atoms with E-state index in [1.165, 1.54) is 6.07 Å². The van der Waals surface area contributed by atoms with E-state index in [0.717, 1.165) is 6.42 Å². The number of hydrogen-bond acceptors (Lipinski definition) is 4. The minimum absolute atomic E-state index is 0.123. The van der Waals surface area contributed by atoms with Crippen LogP contribution in [-0.4, -0.2) is 22.5 Å². The maximum Gasteiger partial charge on any atom is 0.303 e. The molecule has 0 spiro atoms. The molecular weight excluding hydrogens is 248 g/mol. The van der Waals surface area contributed by atoms with E-state index >= 15 is 0 Å². The summed E-state index contributed by atoms with van der Waals surface area (Å²) in [4.78, 5) is 20.8. The van der Waals surface area contributed by atoms with Crippen LogP contribution in [0.5, 0.6) is 0 Å². The van der Waals surface area contributed by atoms with Gasteiger partial charge in [0.15, 0.2) is 0 Å². The molecule has 19 heavy (non-hydrogen) atoms. The lowest BCUT2D eigenvalue weighted by atomic mass is 10.1. The summed E-state index contributed by atoms with van der Waals surface area (Å²) >= 11 is 0. The van der Waals surface area contributed by atoms with Gasteiger partial charge in [-0.25, -0.2) is 0 Å². The highest BCUT2D eigenvalue weighted by atomic mass is 16.6. The number of carboxylic acids is 1. The van der Waals surface area contributed by atoms with Crippen LogP contribution in [0.25, 0.3) is 0 Å². The Labute approximate surface area is 111 Å². The first-order valence-corrected chi connectivity index (χ1v) is 6.27. The van der Waals surface area contributed by atoms with Crippen molar-refractivity contribution < 1.29 is 14.8 Å². The van der Waals surface area contributed by atoms with E-state index in [-0.39, 0.29) is 17.0 Å². The third-order valence-electron chi connectivity index (χ3n) is 2.81.